The Morgan fingerprint density at radius 2 is 1.90 bits per heavy atom. The van der Waals surface area contributed by atoms with Crippen molar-refractivity contribution in [3.8, 4) is 11.5 Å². The van der Waals surface area contributed by atoms with E-state index in [0.717, 1.165) is 5.56 Å². The molecular formula is C22H24N2O5. The molecule has 1 N–H and O–H groups in total. The summed E-state index contributed by atoms with van der Waals surface area (Å²) in [5, 5.41) is 2.84. The molecule has 0 spiro atoms. The number of carbonyl (C=O) groups excluding carboxylic acids is 2. The number of nitrogens with one attached hydrogen (secondary N) is 1. The van der Waals surface area contributed by atoms with Crippen molar-refractivity contribution in [3.05, 3.63) is 60.2 Å². The van der Waals surface area contributed by atoms with Crippen molar-refractivity contribution >= 4 is 23.8 Å². The Balaban J connectivity index is 1.50. The lowest BCUT2D eigenvalue weighted by Gasteiger charge is -2.29. The van der Waals surface area contributed by atoms with Gasteiger partial charge in [0.05, 0.1) is 13.2 Å². The number of hydrogen-bond acceptors (Lipinski definition) is 5. The van der Waals surface area contributed by atoms with Gasteiger partial charge in [-0.1, -0.05) is 24.3 Å². The van der Waals surface area contributed by atoms with Crippen LogP contribution in [0.15, 0.2) is 54.6 Å². The Bertz CT molecular complexity index is 879. The second kappa shape index (κ2) is 9.64. The van der Waals surface area contributed by atoms with Crippen LogP contribution in [0.1, 0.15) is 12.5 Å². The molecule has 1 aliphatic rings. The third kappa shape index (κ3) is 5.75. The molecule has 0 bridgehead atoms. The van der Waals surface area contributed by atoms with Crippen LogP contribution >= 0.6 is 0 Å². The van der Waals surface area contributed by atoms with Gasteiger partial charge >= 0.3 is 12.0 Å². The van der Waals surface area contributed by atoms with E-state index >= 15 is 0 Å². The second-order valence-corrected chi connectivity index (χ2v) is 6.52. The van der Waals surface area contributed by atoms with Gasteiger partial charge in [0.1, 0.15) is 6.61 Å². The summed E-state index contributed by atoms with van der Waals surface area (Å²) in [6.07, 6.45) is 2.79. The molecule has 7 nitrogen and oxygen atoms in total. The summed E-state index contributed by atoms with van der Waals surface area (Å²) in [4.78, 5) is 25.3. The molecular weight excluding hydrogens is 372 g/mol. The number of rotatable bonds is 6. The summed E-state index contributed by atoms with van der Waals surface area (Å²) in [6.45, 7) is 2.87. The normalized spacial score (nSPS) is 15.0. The van der Waals surface area contributed by atoms with Crippen molar-refractivity contribution in [3.63, 3.8) is 0 Å². The van der Waals surface area contributed by atoms with Gasteiger partial charge in [0.2, 0.25) is 0 Å². The number of fused-ring (bicyclic) bond motifs is 1. The molecule has 2 aromatic carbocycles. The minimum absolute atomic E-state index is 0.240. The molecule has 152 valence electrons. The number of carbonyl (C=O) groups is 2. The zero-order valence-corrected chi connectivity index (χ0v) is 16.5. The summed E-state index contributed by atoms with van der Waals surface area (Å²) in [6, 6.07) is 14.4. The average molecular weight is 396 g/mol. The summed E-state index contributed by atoms with van der Waals surface area (Å²) in [5.74, 6) is 1.01. The van der Waals surface area contributed by atoms with E-state index in [9.17, 15) is 9.59 Å². The predicted octanol–water partition coefficient (Wildman–Crippen LogP) is 3.57. The number of para-hydroxylation sites is 2. The second-order valence-electron chi connectivity index (χ2n) is 6.52. The maximum absolute atomic E-state index is 12.4. The largest absolute Gasteiger partial charge is 0.486 e. The first-order valence-corrected chi connectivity index (χ1v) is 9.40. The van der Waals surface area contributed by atoms with Gasteiger partial charge in [0.15, 0.2) is 17.6 Å². The number of benzene rings is 2. The maximum Gasteiger partial charge on any atom is 0.330 e. The zero-order chi connectivity index (χ0) is 20.6. The van der Waals surface area contributed by atoms with E-state index in [0.29, 0.717) is 36.9 Å². The van der Waals surface area contributed by atoms with E-state index in [-0.39, 0.29) is 18.1 Å². The smallest absolute Gasteiger partial charge is 0.330 e. The van der Waals surface area contributed by atoms with Crippen molar-refractivity contribution in [2.45, 2.75) is 13.0 Å². The van der Waals surface area contributed by atoms with Crippen molar-refractivity contribution in [1.82, 2.24) is 4.90 Å². The number of nitrogens with zero attached hydrogens (tertiary/aromatic N) is 1. The van der Waals surface area contributed by atoms with Crippen molar-refractivity contribution < 1.29 is 23.8 Å². The SMILES string of the molecule is CCOC(=O)/C=C/c1ccc(NC(=O)N(C)C[C@H]2COc3ccccc3O2)cc1. The van der Waals surface area contributed by atoms with Gasteiger partial charge in [0.25, 0.3) is 0 Å². The fourth-order valence-corrected chi connectivity index (χ4v) is 2.79. The van der Waals surface area contributed by atoms with E-state index in [1.54, 1.807) is 49.2 Å². The van der Waals surface area contributed by atoms with Gasteiger partial charge in [0, 0.05) is 18.8 Å². The van der Waals surface area contributed by atoms with Crippen LogP contribution in [0, 0.1) is 0 Å². The Kier molecular flexibility index (Phi) is 6.73. The van der Waals surface area contributed by atoms with E-state index in [1.807, 2.05) is 24.3 Å². The van der Waals surface area contributed by atoms with Crippen LogP contribution in [0.2, 0.25) is 0 Å². The molecule has 1 atom stereocenters. The third-order valence-corrected chi connectivity index (χ3v) is 4.25. The van der Waals surface area contributed by atoms with Gasteiger partial charge < -0.3 is 24.4 Å². The summed E-state index contributed by atoms with van der Waals surface area (Å²) < 4.78 is 16.4. The van der Waals surface area contributed by atoms with Crippen molar-refractivity contribution in [1.29, 1.82) is 0 Å². The number of amides is 2. The van der Waals surface area contributed by atoms with Gasteiger partial charge in [-0.25, -0.2) is 9.59 Å². The number of esters is 1. The Morgan fingerprint density at radius 3 is 2.62 bits per heavy atom. The highest BCUT2D eigenvalue weighted by molar-refractivity contribution is 5.90. The molecule has 0 unspecified atom stereocenters. The Hall–Kier alpha value is -3.48. The fraction of sp³-hybridized carbons (Fsp3) is 0.273. The van der Waals surface area contributed by atoms with Crippen molar-refractivity contribution in [2.24, 2.45) is 0 Å². The fourth-order valence-electron chi connectivity index (χ4n) is 2.79. The molecule has 0 saturated heterocycles. The molecule has 7 heteroatoms. The topological polar surface area (TPSA) is 77.1 Å². The molecule has 0 fully saturated rings. The lowest BCUT2D eigenvalue weighted by molar-refractivity contribution is -0.137. The number of hydrogen-bond donors (Lipinski definition) is 1. The molecule has 2 aromatic rings. The van der Waals surface area contributed by atoms with Crippen LogP contribution < -0.4 is 14.8 Å². The number of ether oxygens (including phenoxy) is 3. The molecule has 2 amide bonds. The predicted molar refractivity (Wildman–Crippen MR) is 110 cm³/mol. The number of urea groups is 1. The van der Waals surface area contributed by atoms with Gasteiger partial charge in [-0.2, -0.15) is 0 Å². The van der Waals surface area contributed by atoms with Crippen molar-refractivity contribution in [2.75, 3.05) is 32.1 Å². The average Bonchev–Trinajstić information content (AvgIpc) is 2.73. The molecule has 1 aliphatic heterocycles. The number of anilines is 1. The minimum Gasteiger partial charge on any atom is -0.486 e. The molecule has 0 radical (unpaired) electrons. The van der Waals surface area contributed by atoms with Crippen LogP contribution in [0.4, 0.5) is 10.5 Å². The lowest BCUT2D eigenvalue weighted by atomic mass is 10.2. The molecule has 3 rings (SSSR count). The molecule has 0 saturated carbocycles. The summed E-state index contributed by atoms with van der Waals surface area (Å²) in [7, 11) is 1.70. The first kappa shape index (κ1) is 20.3. The molecule has 29 heavy (non-hydrogen) atoms. The van der Waals surface area contributed by atoms with E-state index in [2.05, 4.69) is 5.32 Å². The standard InChI is InChI=1S/C22H24N2O5/c1-3-27-21(25)13-10-16-8-11-17(12-9-16)23-22(26)24(2)14-18-15-28-19-6-4-5-7-20(19)29-18/h4-13,18H,3,14-15H2,1-2H3,(H,23,26)/b13-10+/t18-/m0/s1. The highest BCUT2D eigenvalue weighted by atomic mass is 16.6. The number of likely N-dealkylation sites (N-methyl/N-ethyl adjacent to an activating group) is 1. The van der Waals surface area contributed by atoms with Gasteiger partial charge in [-0.15, -0.1) is 0 Å². The van der Waals surface area contributed by atoms with E-state index in [4.69, 9.17) is 14.2 Å². The molecule has 0 aliphatic carbocycles. The van der Waals surface area contributed by atoms with Crippen LogP contribution in [0.25, 0.3) is 6.08 Å². The summed E-state index contributed by atoms with van der Waals surface area (Å²) >= 11 is 0. The maximum atomic E-state index is 12.4. The third-order valence-electron chi connectivity index (χ3n) is 4.25. The minimum atomic E-state index is -0.386. The Labute approximate surface area is 169 Å². The van der Waals surface area contributed by atoms with E-state index in [1.165, 1.54) is 6.08 Å². The Morgan fingerprint density at radius 1 is 1.17 bits per heavy atom. The lowest BCUT2D eigenvalue weighted by Crippen LogP contribution is -2.43. The van der Waals surface area contributed by atoms with Crippen LogP contribution in [0.5, 0.6) is 11.5 Å². The van der Waals surface area contributed by atoms with Crippen LogP contribution in [-0.4, -0.2) is 49.8 Å². The van der Waals surface area contributed by atoms with Gasteiger partial charge in [-0.3, -0.25) is 0 Å². The van der Waals surface area contributed by atoms with E-state index < -0.39 is 0 Å². The molecule has 0 aromatic heterocycles. The first-order chi connectivity index (χ1) is 14.0. The zero-order valence-electron chi connectivity index (χ0n) is 16.5. The monoisotopic (exact) mass is 396 g/mol. The molecule has 1 heterocycles. The highest BCUT2D eigenvalue weighted by Gasteiger charge is 2.23. The van der Waals surface area contributed by atoms with Crippen LogP contribution in [0.3, 0.4) is 0 Å². The van der Waals surface area contributed by atoms with Crippen LogP contribution in [-0.2, 0) is 9.53 Å². The summed E-state index contributed by atoms with van der Waals surface area (Å²) in [5.41, 5.74) is 1.48. The quantitative estimate of drug-likeness (QED) is 0.597. The highest BCUT2D eigenvalue weighted by Crippen LogP contribution is 2.30. The first-order valence-electron chi connectivity index (χ1n) is 9.40. The van der Waals surface area contributed by atoms with Gasteiger partial charge in [-0.05, 0) is 42.8 Å².